The van der Waals surface area contributed by atoms with Gasteiger partial charge >= 0.3 is 6.18 Å². The highest BCUT2D eigenvalue weighted by Gasteiger charge is 2.26. The minimum absolute atomic E-state index is 0. The number of alkyl halides is 6. The van der Waals surface area contributed by atoms with Crippen LogP contribution in [0.2, 0.25) is 0 Å². The van der Waals surface area contributed by atoms with Crippen LogP contribution in [0.4, 0.5) is 26.3 Å². The third-order valence-corrected chi connectivity index (χ3v) is 2.25. The van der Waals surface area contributed by atoms with Crippen molar-refractivity contribution in [1.82, 2.24) is 0 Å². The van der Waals surface area contributed by atoms with Crippen molar-refractivity contribution in [3.63, 3.8) is 0 Å². The molecule has 0 fully saturated rings. The molecule has 0 rings (SSSR count). The first kappa shape index (κ1) is 90.9. The van der Waals surface area contributed by atoms with Gasteiger partial charge in [0.15, 0.2) is 6.67 Å². The molecule has 0 saturated carbocycles. The van der Waals surface area contributed by atoms with Gasteiger partial charge in [-0.1, -0.05) is 93.5 Å². The molecular formula is C28H78F6O3. The molecule has 2 unspecified atom stereocenters. The summed E-state index contributed by atoms with van der Waals surface area (Å²) in [6.45, 7) is 15.0. The van der Waals surface area contributed by atoms with Crippen molar-refractivity contribution in [2.45, 2.75) is 152 Å². The van der Waals surface area contributed by atoms with Crippen molar-refractivity contribution in [2.75, 3.05) is 40.3 Å². The van der Waals surface area contributed by atoms with Crippen LogP contribution < -0.4 is 0 Å². The monoisotopic (exact) mass is 577 g/mol. The topological polar surface area (TPSA) is 38.7 Å². The van der Waals surface area contributed by atoms with Gasteiger partial charge in [-0.2, -0.15) is 13.2 Å². The van der Waals surface area contributed by atoms with Crippen LogP contribution in [0.15, 0.2) is 0 Å². The Morgan fingerprint density at radius 1 is 0.649 bits per heavy atom. The maximum Gasteiger partial charge on any atom is 0.416 e. The maximum atomic E-state index is 10.4. The summed E-state index contributed by atoms with van der Waals surface area (Å²) in [6, 6.07) is 0. The van der Waals surface area contributed by atoms with Crippen molar-refractivity contribution in [1.29, 1.82) is 0 Å². The predicted molar refractivity (Wildman–Crippen MR) is 165 cm³/mol. The van der Waals surface area contributed by atoms with Gasteiger partial charge in [-0.05, 0) is 40.5 Å². The zero-order valence-corrected chi connectivity index (χ0v) is 19.8. The quantitative estimate of drug-likeness (QED) is 0.306. The molecule has 9 heteroatoms. The second-order valence-electron chi connectivity index (χ2n) is 5.21. The predicted octanol–water partition coefficient (Wildman–Crippen LogP) is 12.2. The molecule has 0 aliphatic carbocycles. The number of aliphatic hydroxyl groups is 1. The van der Waals surface area contributed by atoms with E-state index in [1.54, 1.807) is 0 Å². The summed E-state index contributed by atoms with van der Waals surface area (Å²) in [5.74, 6) is 0. The zero-order valence-electron chi connectivity index (χ0n) is 19.8. The Hall–Kier alpha value is -0.540. The fourth-order valence-electron chi connectivity index (χ4n) is 0.774. The molecule has 0 aromatic carbocycles. The van der Waals surface area contributed by atoms with Gasteiger partial charge in [-0.3, -0.25) is 8.78 Å². The number of ether oxygens (including phenoxy) is 2. The number of hydrogen-bond acceptors (Lipinski definition) is 3. The first-order chi connectivity index (χ1) is 13.5. The third-order valence-electron chi connectivity index (χ3n) is 2.25. The van der Waals surface area contributed by atoms with E-state index in [0.717, 1.165) is 19.4 Å². The molecule has 2 atom stereocenters. The highest BCUT2D eigenvalue weighted by Crippen LogP contribution is 2.13. The Balaban J connectivity index is -0.0000000144. The second kappa shape index (κ2) is 91.4. The molecule has 0 spiro atoms. The molecule has 0 aliphatic rings. The van der Waals surface area contributed by atoms with Gasteiger partial charge in [0.25, 0.3) is 0 Å². The molecule has 0 amide bonds. The smallest absolute Gasteiger partial charge is 0.394 e. The number of rotatable bonds is 7. The van der Waals surface area contributed by atoms with Gasteiger partial charge in [-0.25, -0.2) is 4.39 Å². The number of halogens is 6. The molecule has 0 aliphatic heterocycles. The van der Waals surface area contributed by atoms with E-state index in [1.165, 1.54) is 13.3 Å². The Morgan fingerprint density at radius 2 is 0.865 bits per heavy atom. The van der Waals surface area contributed by atoms with Crippen LogP contribution >= 0.6 is 0 Å². The maximum absolute atomic E-state index is 10.4. The lowest BCUT2D eigenvalue weighted by Gasteiger charge is -2.07. The van der Waals surface area contributed by atoms with E-state index in [0.29, 0.717) is 26.0 Å². The van der Waals surface area contributed by atoms with Crippen molar-refractivity contribution in [3.05, 3.63) is 0 Å². The molecule has 0 aromatic heterocycles. The van der Waals surface area contributed by atoms with Gasteiger partial charge in [0, 0.05) is 6.61 Å². The van der Waals surface area contributed by atoms with Gasteiger partial charge < -0.3 is 14.6 Å². The molecule has 3 nitrogen and oxygen atoms in total. The highest BCUT2D eigenvalue weighted by atomic mass is 19.4. The van der Waals surface area contributed by atoms with Crippen LogP contribution in [-0.2, 0) is 9.47 Å². The van der Waals surface area contributed by atoms with Crippen LogP contribution in [0, 0.1) is 0 Å². The molecule has 0 radical (unpaired) electrons. The van der Waals surface area contributed by atoms with Crippen LogP contribution in [0.1, 0.15) is 134 Å². The summed E-state index contributed by atoms with van der Waals surface area (Å²) in [4.78, 5) is 0. The van der Waals surface area contributed by atoms with Crippen molar-refractivity contribution < 1.29 is 40.9 Å². The molecular weight excluding hydrogens is 498 g/mol. The normalized spacial score (nSPS) is 8.76. The summed E-state index contributed by atoms with van der Waals surface area (Å²) >= 11 is 0. The van der Waals surface area contributed by atoms with Crippen molar-refractivity contribution in [3.8, 4) is 0 Å². The highest BCUT2D eigenvalue weighted by molar-refractivity contribution is 4.42. The summed E-state index contributed by atoms with van der Waals surface area (Å²) in [5.41, 5.74) is 0. The van der Waals surface area contributed by atoms with Crippen LogP contribution in [0.5, 0.6) is 0 Å². The van der Waals surface area contributed by atoms with Gasteiger partial charge in [0.2, 0.25) is 0 Å². The summed E-state index contributed by atoms with van der Waals surface area (Å²) in [6.07, 6.45) is -0.499. The molecule has 250 valence electrons. The first-order valence-corrected chi connectivity index (χ1v) is 9.91. The van der Waals surface area contributed by atoms with E-state index >= 15 is 0 Å². The standard InChI is InChI=1S/C6H14O2.C6H14O.C3H8.C2H2F4.C2H5F.CH3F.8CH4/c1-3-6(2)8-5-4-7;1-4-6(3)7-5-2;1-3-2;3-1-2(4,5)6;1-2-3;1-2;;;;;;;;/h6-7H,3-5H2,1-2H3;6H,4-5H2,1-3H3;3H2,1-2H3;1H2;2H2,1H3;1H3;8*1H4. The van der Waals surface area contributed by atoms with E-state index in [2.05, 4.69) is 34.6 Å². The van der Waals surface area contributed by atoms with Crippen molar-refractivity contribution in [2.24, 2.45) is 0 Å². The first-order valence-electron chi connectivity index (χ1n) is 9.91. The van der Waals surface area contributed by atoms with E-state index in [1.807, 2.05) is 13.8 Å². The minimum atomic E-state index is -4.62. The summed E-state index contributed by atoms with van der Waals surface area (Å²) in [7, 11) is 0.500. The SMILES string of the molecule is C.C.C.C.C.C.C.C.CCC.CCC(C)OCCO.CCF.CCOC(C)CC.CF.FCC(F)(F)F. The minimum Gasteiger partial charge on any atom is -0.394 e. The molecule has 0 bridgehead atoms. The Bertz CT molecular complexity index is 223. The largest absolute Gasteiger partial charge is 0.416 e. The van der Waals surface area contributed by atoms with Crippen molar-refractivity contribution >= 4 is 0 Å². The Kier molecular flexibility index (Phi) is 225. The van der Waals surface area contributed by atoms with E-state index in [4.69, 9.17) is 14.6 Å². The lowest BCUT2D eigenvalue weighted by Crippen LogP contribution is -2.09. The van der Waals surface area contributed by atoms with E-state index in [9.17, 15) is 26.3 Å². The fraction of sp³-hybridized carbons (Fsp3) is 1.00. The van der Waals surface area contributed by atoms with Gasteiger partial charge in [0.1, 0.15) is 0 Å². The zero-order chi connectivity index (χ0) is 24.7. The molecule has 1 N–H and O–H groups in total. The number of hydrogen-bond donors (Lipinski definition) is 1. The van der Waals surface area contributed by atoms with Crippen LogP contribution in [0.25, 0.3) is 0 Å². The average Bonchev–Trinajstić information content (AvgIpc) is 2.69. The average molecular weight is 577 g/mol. The molecule has 37 heavy (non-hydrogen) atoms. The number of aliphatic hydroxyl groups excluding tert-OH is 1. The van der Waals surface area contributed by atoms with Gasteiger partial charge in [0.05, 0.1) is 39.3 Å². The lowest BCUT2D eigenvalue weighted by atomic mass is 10.3. The lowest BCUT2D eigenvalue weighted by molar-refractivity contribution is -0.142. The summed E-state index contributed by atoms with van der Waals surface area (Å²) < 4.78 is 71.7. The fourth-order valence-corrected chi connectivity index (χ4v) is 0.774. The molecule has 0 heterocycles. The second-order valence-corrected chi connectivity index (χ2v) is 5.21. The van der Waals surface area contributed by atoms with Crippen LogP contribution in [0.3, 0.4) is 0 Å². The molecule has 0 aromatic rings. The Labute approximate surface area is 234 Å². The molecule has 0 saturated heterocycles. The Morgan fingerprint density at radius 3 is 0.973 bits per heavy atom. The van der Waals surface area contributed by atoms with Gasteiger partial charge in [-0.15, -0.1) is 0 Å². The van der Waals surface area contributed by atoms with E-state index < -0.39 is 12.9 Å². The van der Waals surface area contributed by atoms with Crippen LogP contribution in [-0.4, -0.2) is 63.8 Å². The van der Waals surface area contributed by atoms with E-state index in [-0.39, 0.29) is 72.7 Å². The summed E-state index contributed by atoms with van der Waals surface area (Å²) in [5, 5.41) is 8.29. The third kappa shape index (κ3) is 219.